The third kappa shape index (κ3) is 6.10. The van der Waals surface area contributed by atoms with Gasteiger partial charge >= 0.3 is 5.97 Å². The van der Waals surface area contributed by atoms with Crippen LogP contribution in [0, 0.1) is 5.92 Å². The molecule has 2 rings (SSSR count). The van der Waals surface area contributed by atoms with Crippen LogP contribution in [0.3, 0.4) is 0 Å². The Hall–Kier alpha value is -3.30. The van der Waals surface area contributed by atoms with Crippen molar-refractivity contribution in [2.24, 2.45) is 5.92 Å². The maximum atomic E-state index is 12.4. The van der Waals surface area contributed by atoms with Gasteiger partial charge in [-0.2, -0.15) is 0 Å². The largest absolute Gasteiger partial charge is 0.497 e. The van der Waals surface area contributed by atoms with E-state index in [2.05, 4.69) is 10.6 Å². The lowest BCUT2D eigenvalue weighted by molar-refractivity contribution is -0.152. The van der Waals surface area contributed by atoms with E-state index in [-0.39, 0.29) is 31.3 Å². The zero-order chi connectivity index (χ0) is 22.1. The number of carbonyl (C=O) groups excluding carboxylic acids is 4. The fraction of sp³-hybridized carbons (Fsp3) is 0.500. The third-order valence-corrected chi connectivity index (χ3v) is 4.50. The molecule has 30 heavy (non-hydrogen) atoms. The molecule has 0 aromatic heterocycles. The predicted octanol–water partition coefficient (Wildman–Crippen LogP) is 0.242. The zero-order valence-electron chi connectivity index (χ0n) is 17.4. The van der Waals surface area contributed by atoms with Gasteiger partial charge in [0.1, 0.15) is 11.5 Å². The minimum absolute atomic E-state index is 0.0327. The lowest BCUT2D eigenvalue weighted by Gasteiger charge is -2.20. The van der Waals surface area contributed by atoms with E-state index >= 15 is 0 Å². The molecule has 2 N–H and O–H groups in total. The first-order valence-corrected chi connectivity index (χ1v) is 9.62. The summed E-state index contributed by atoms with van der Waals surface area (Å²) in [5, 5.41) is 4.99. The molecule has 0 saturated carbocycles. The van der Waals surface area contributed by atoms with Gasteiger partial charge < -0.3 is 29.7 Å². The molecule has 1 saturated heterocycles. The van der Waals surface area contributed by atoms with Crippen LogP contribution in [0.5, 0.6) is 11.5 Å². The Labute approximate surface area is 174 Å². The van der Waals surface area contributed by atoms with Crippen molar-refractivity contribution in [3.8, 4) is 11.5 Å². The Morgan fingerprint density at radius 2 is 1.90 bits per heavy atom. The molecule has 1 aromatic carbocycles. The first kappa shape index (κ1) is 23.0. The van der Waals surface area contributed by atoms with Crippen LogP contribution in [-0.2, 0) is 23.9 Å². The average Bonchev–Trinajstić information content (AvgIpc) is 3.15. The molecule has 0 radical (unpaired) electrons. The van der Waals surface area contributed by atoms with Gasteiger partial charge in [0, 0.05) is 25.6 Å². The van der Waals surface area contributed by atoms with Crippen molar-refractivity contribution in [3.63, 3.8) is 0 Å². The number of hydrogen-bond donors (Lipinski definition) is 2. The fourth-order valence-electron chi connectivity index (χ4n) is 2.92. The highest BCUT2D eigenvalue weighted by atomic mass is 16.5. The topological polar surface area (TPSA) is 123 Å². The van der Waals surface area contributed by atoms with E-state index in [1.807, 2.05) is 6.92 Å². The van der Waals surface area contributed by atoms with Crippen LogP contribution >= 0.6 is 0 Å². The van der Waals surface area contributed by atoms with Gasteiger partial charge in [-0.15, -0.1) is 0 Å². The van der Waals surface area contributed by atoms with Crippen LogP contribution < -0.4 is 25.0 Å². The molecular weight excluding hydrogens is 394 g/mol. The highest BCUT2D eigenvalue weighted by Crippen LogP contribution is 2.35. The number of carbonyl (C=O) groups is 4. The quantitative estimate of drug-likeness (QED) is 0.519. The van der Waals surface area contributed by atoms with Gasteiger partial charge in [-0.3, -0.25) is 19.2 Å². The highest BCUT2D eigenvalue weighted by Gasteiger charge is 2.37. The Bertz CT molecular complexity index is 797. The van der Waals surface area contributed by atoms with Crippen LogP contribution in [0.2, 0.25) is 0 Å². The van der Waals surface area contributed by atoms with E-state index in [0.717, 1.165) is 6.42 Å². The molecule has 0 unspecified atom stereocenters. The summed E-state index contributed by atoms with van der Waals surface area (Å²) < 4.78 is 15.5. The lowest BCUT2D eigenvalue weighted by atomic mass is 10.1. The van der Waals surface area contributed by atoms with Crippen molar-refractivity contribution in [2.75, 3.05) is 45.4 Å². The molecule has 1 heterocycles. The second-order valence-corrected chi connectivity index (χ2v) is 6.68. The predicted molar refractivity (Wildman–Crippen MR) is 107 cm³/mol. The molecule has 10 nitrogen and oxygen atoms in total. The van der Waals surface area contributed by atoms with Crippen LogP contribution in [-0.4, -0.2) is 64.2 Å². The van der Waals surface area contributed by atoms with Crippen molar-refractivity contribution in [1.82, 2.24) is 10.6 Å². The smallest absolute Gasteiger partial charge is 0.311 e. The van der Waals surface area contributed by atoms with Crippen molar-refractivity contribution in [2.45, 2.75) is 19.8 Å². The molecule has 1 aliphatic heterocycles. The summed E-state index contributed by atoms with van der Waals surface area (Å²) in [6, 6.07) is 5.02. The van der Waals surface area contributed by atoms with Crippen molar-refractivity contribution in [1.29, 1.82) is 0 Å². The van der Waals surface area contributed by atoms with E-state index in [9.17, 15) is 19.2 Å². The number of anilines is 1. The summed E-state index contributed by atoms with van der Waals surface area (Å²) in [6.07, 6.45) is 0.756. The first-order valence-electron chi connectivity index (χ1n) is 9.62. The van der Waals surface area contributed by atoms with Gasteiger partial charge in [-0.1, -0.05) is 6.92 Å². The molecule has 0 spiro atoms. The van der Waals surface area contributed by atoms with Crippen LogP contribution in [0.15, 0.2) is 18.2 Å². The average molecular weight is 421 g/mol. The minimum Gasteiger partial charge on any atom is -0.497 e. The normalized spacial score (nSPS) is 15.5. The number of benzene rings is 1. The molecule has 0 aliphatic carbocycles. The number of esters is 1. The summed E-state index contributed by atoms with van der Waals surface area (Å²) in [4.78, 5) is 49.4. The molecular formula is C20H27N3O7. The van der Waals surface area contributed by atoms with E-state index in [4.69, 9.17) is 14.2 Å². The second kappa shape index (κ2) is 11.0. The fourth-order valence-corrected chi connectivity index (χ4v) is 2.92. The summed E-state index contributed by atoms with van der Waals surface area (Å²) in [7, 11) is 3.00. The van der Waals surface area contributed by atoms with E-state index in [0.29, 0.717) is 23.7 Å². The highest BCUT2D eigenvalue weighted by molar-refractivity contribution is 6.00. The van der Waals surface area contributed by atoms with Gasteiger partial charge in [0.15, 0.2) is 6.61 Å². The molecule has 10 heteroatoms. The van der Waals surface area contributed by atoms with Gasteiger partial charge in [0.05, 0.1) is 32.4 Å². The number of ether oxygens (including phenoxy) is 3. The van der Waals surface area contributed by atoms with Crippen molar-refractivity contribution in [3.05, 3.63) is 18.2 Å². The van der Waals surface area contributed by atoms with Crippen LogP contribution in [0.25, 0.3) is 0 Å². The molecule has 1 fully saturated rings. The summed E-state index contributed by atoms with van der Waals surface area (Å²) in [5.41, 5.74) is 0.523. The lowest BCUT2D eigenvalue weighted by Crippen LogP contribution is -2.39. The molecule has 1 aromatic rings. The molecule has 0 bridgehead atoms. The van der Waals surface area contributed by atoms with Crippen LogP contribution in [0.1, 0.15) is 19.8 Å². The number of nitrogens with one attached hydrogen (secondary N) is 2. The second-order valence-electron chi connectivity index (χ2n) is 6.68. The van der Waals surface area contributed by atoms with Gasteiger partial charge in [0.25, 0.3) is 5.91 Å². The minimum atomic E-state index is -0.704. The van der Waals surface area contributed by atoms with Crippen LogP contribution in [0.4, 0.5) is 5.69 Å². The molecule has 1 aliphatic rings. The Balaban J connectivity index is 1.87. The number of nitrogens with zero attached hydrogens (tertiary/aromatic N) is 1. The first-order chi connectivity index (χ1) is 14.4. The number of rotatable bonds is 10. The summed E-state index contributed by atoms with van der Waals surface area (Å²) in [6.45, 7) is 1.84. The Morgan fingerprint density at radius 1 is 1.13 bits per heavy atom. The molecule has 1 atom stereocenters. The molecule has 3 amide bonds. The van der Waals surface area contributed by atoms with E-state index < -0.39 is 24.4 Å². The summed E-state index contributed by atoms with van der Waals surface area (Å²) in [5.74, 6) is -1.49. The maximum absolute atomic E-state index is 12.4. The van der Waals surface area contributed by atoms with E-state index in [1.165, 1.54) is 19.1 Å². The number of amides is 3. The van der Waals surface area contributed by atoms with Crippen molar-refractivity contribution < 1.29 is 33.4 Å². The standard InChI is InChI=1S/C20H27N3O7/c1-4-7-21-17(24)10-22-18(25)12-30-20(27)13-8-19(26)23(11-13)15-6-5-14(28-2)9-16(15)29-3/h5-6,9,13H,4,7-8,10-12H2,1-3H3,(H,21,24)(H,22,25)/t13-/m1/s1. The number of methoxy groups -OCH3 is 2. The third-order valence-electron chi connectivity index (χ3n) is 4.50. The van der Waals surface area contributed by atoms with Crippen molar-refractivity contribution >= 4 is 29.4 Å². The SMILES string of the molecule is CCCNC(=O)CNC(=O)COC(=O)[C@@H]1CC(=O)N(c2ccc(OC)cc2OC)C1. The maximum Gasteiger partial charge on any atom is 0.311 e. The van der Waals surface area contributed by atoms with Gasteiger partial charge in [-0.05, 0) is 18.6 Å². The zero-order valence-corrected chi connectivity index (χ0v) is 17.4. The Morgan fingerprint density at radius 3 is 2.57 bits per heavy atom. The van der Waals surface area contributed by atoms with Gasteiger partial charge in [-0.25, -0.2) is 0 Å². The Kier molecular flexibility index (Phi) is 8.45. The van der Waals surface area contributed by atoms with Gasteiger partial charge in [0.2, 0.25) is 11.8 Å². The molecule has 164 valence electrons. The van der Waals surface area contributed by atoms with E-state index in [1.54, 1.807) is 18.2 Å². The number of hydrogen-bond acceptors (Lipinski definition) is 7. The summed E-state index contributed by atoms with van der Waals surface area (Å²) >= 11 is 0. The monoisotopic (exact) mass is 421 g/mol.